The van der Waals surface area contributed by atoms with E-state index < -0.39 is 0 Å². The van der Waals surface area contributed by atoms with Crippen molar-refractivity contribution < 1.29 is 4.79 Å². The average molecular weight is 306 g/mol. The quantitative estimate of drug-likeness (QED) is 0.889. The number of hydrogen-bond acceptors (Lipinski definition) is 1. The lowest BCUT2D eigenvalue weighted by Gasteiger charge is -2.09. The summed E-state index contributed by atoms with van der Waals surface area (Å²) in [6.07, 6.45) is 0. The summed E-state index contributed by atoms with van der Waals surface area (Å²) in [7, 11) is 0. The molecule has 0 aliphatic rings. The number of carbonyl (C=O) groups excluding carboxylic acids is 1. The van der Waals surface area contributed by atoms with Crippen LogP contribution < -0.4 is 5.32 Å². The average Bonchev–Trinajstić information content (AvgIpc) is 2.48. The SMILES string of the molecule is C=C(CNC(=O)c1ccccc1)c1ccc(Cl)c(Cl)c1. The lowest BCUT2D eigenvalue weighted by molar-refractivity contribution is 0.0958. The molecule has 4 heteroatoms. The van der Waals surface area contributed by atoms with E-state index in [0.29, 0.717) is 22.2 Å². The van der Waals surface area contributed by atoms with Gasteiger partial charge in [-0.1, -0.05) is 54.0 Å². The third-order valence-electron chi connectivity index (χ3n) is 2.83. The maximum absolute atomic E-state index is 11.9. The highest BCUT2D eigenvalue weighted by Gasteiger charge is 2.07. The fourth-order valence-electron chi connectivity index (χ4n) is 1.70. The second-order valence-corrected chi connectivity index (χ2v) is 5.10. The molecule has 0 spiro atoms. The third-order valence-corrected chi connectivity index (χ3v) is 3.57. The zero-order valence-electron chi connectivity index (χ0n) is 10.7. The molecule has 0 aliphatic heterocycles. The van der Waals surface area contributed by atoms with Crippen LogP contribution in [0.2, 0.25) is 10.0 Å². The maximum Gasteiger partial charge on any atom is 0.251 e. The van der Waals surface area contributed by atoms with Gasteiger partial charge in [0.25, 0.3) is 5.91 Å². The molecule has 0 radical (unpaired) electrons. The largest absolute Gasteiger partial charge is 0.348 e. The second-order valence-electron chi connectivity index (χ2n) is 4.28. The Balaban J connectivity index is 1.98. The number of rotatable bonds is 4. The second kappa shape index (κ2) is 6.60. The Hall–Kier alpha value is -1.77. The summed E-state index contributed by atoms with van der Waals surface area (Å²) in [4.78, 5) is 11.9. The molecule has 0 fully saturated rings. The first kappa shape index (κ1) is 14.6. The van der Waals surface area contributed by atoms with E-state index in [0.717, 1.165) is 11.1 Å². The van der Waals surface area contributed by atoms with Gasteiger partial charge in [-0.05, 0) is 35.4 Å². The molecule has 0 atom stereocenters. The van der Waals surface area contributed by atoms with Crippen LogP contribution in [-0.4, -0.2) is 12.5 Å². The number of halogens is 2. The molecular weight excluding hydrogens is 293 g/mol. The van der Waals surface area contributed by atoms with Crippen LogP contribution in [0.15, 0.2) is 55.1 Å². The minimum Gasteiger partial charge on any atom is -0.348 e. The van der Waals surface area contributed by atoms with Crippen molar-refractivity contribution in [3.05, 3.63) is 76.3 Å². The van der Waals surface area contributed by atoms with Crippen LogP contribution in [0, 0.1) is 0 Å². The van der Waals surface area contributed by atoms with Crippen molar-refractivity contribution in [1.29, 1.82) is 0 Å². The van der Waals surface area contributed by atoms with Gasteiger partial charge in [0.1, 0.15) is 0 Å². The van der Waals surface area contributed by atoms with Gasteiger partial charge in [0.15, 0.2) is 0 Å². The van der Waals surface area contributed by atoms with Gasteiger partial charge < -0.3 is 5.32 Å². The molecule has 0 aliphatic carbocycles. The van der Waals surface area contributed by atoms with Gasteiger partial charge in [-0.3, -0.25) is 4.79 Å². The Morgan fingerprint density at radius 2 is 1.70 bits per heavy atom. The predicted molar refractivity (Wildman–Crippen MR) is 84.3 cm³/mol. The predicted octanol–water partition coefficient (Wildman–Crippen LogP) is 4.44. The minimum absolute atomic E-state index is 0.133. The van der Waals surface area contributed by atoms with Gasteiger partial charge in [-0.2, -0.15) is 0 Å². The molecule has 1 N–H and O–H groups in total. The third kappa shape index (κ3) is 3.62. The van der Waals surface area contributed by atoms with Gasteiger partial charge in [-0.25, -0.2) is 0 Å². The first-order valence-electron chi connectivity index (χ1n) is 6.04. The molecule has 0 saturated carbocycles. The van der Waals surface area contributed by atoms with Gasteiger partial charge >= 0.3 is 0 Å². The van der Waals surface area contributed by atoms with Crippen LogP contribution in [0.25, 0.3) is 5.57 Å². The van der Waals surface area contributed by atoms with Gasteiger partial charge in [-0.15, -0.1) is 0 Å². The van der Waals surface area contributed by atoms with Crippen LogP contribution in [0.5, 0.6) is 0 Å². The van der Waals surface area contributed by atoms with Crippen molar-refractivity contribution in [1.82, 2.24) is 5.32 Å². The van der Waals surface area contributed by atoms with Crippen molar-refractivity contribution in [3.63, 3.8) is 0 Å². The van der Waals surface area contributed by atoms with Crippen molar-refractivity contribution in [3.8, 4) is 0 Å². The fraction of sp³-hybridized carbons (Fsp3) is 0.0625. The molecule has 0 saturated heterocycles. The molecule has 0 aromatic heterocycles. The smallest absolute Gasteiger partial charge is 0.251 e. The summed E-state index contributed by atoms with van der Waals surface area (Å²) in [5.74, 6) is -0.133. The monoisotopic (exact) mass is 305 g/mol. The molecule has 20 heavy (non-hydrogen) atoms. The molecule has 0 bridgehead atoms. The summed E-state index contributed by atoms with van der Waals surface area (Å²) in [6, 6.07) is 14.3. The fourth-order valence-corrected chi connectivity index (χ4v) is 1.99. The highest BCUT2D eigenvalue weighted by atomic mass is 35.5. The van der Waals surface area contributed by atoms with E-state index in [1.165, 1.54) is 0 Å². The zero-order chi connectivity index (χ0) is 14.5. The molecule has 0 heterocycles. The Bertz CT molecular complexity index is 638. The molecule has 2 rings (SSSR count). The van der Waals surface area contributed by atoms with Gasteiger partial charge in [0, 0.05) is 12.1 Å². The Morgan fingerprint density at radius 1 is 1.00 bits per heavy atom. The minimum atomic E-state index is -0.133. The first-order valence-corrected chi connectivity index (χ1v) is 6.80. The van der Waals surface area contributed by atoms with Gasteiger partial charge in [0.05, 0.1) is 10.0 Å². The van der Waals surface area contributed by atoms with E-state index >= 15 is 0 Å². The normalized spacial score (nSPS) is 10.1. The van der Waals surface area contributed by atoms with Crippen LogP contribution in [0.4, 0.5) is 0 Å². The van der Waals surface area contributed by atoms with E-state index in [9.17, 15) is 4.79 Å². The molecule has 2 nitrogen and oxygen atoms in total. The molecule has 2 aromatic carbocycles. The zero-order valence-corrected chi connectivity index (χ0v) is 12.2. The maximum atomic E-state index is 11.9. The Kier molecular flexibility index (Phi) is 4.83. The van der Waals surface area contributed by atoms with Crippen molar-refractivity contribution >= 4 is 34.7 Å². The van der Waals surface area contributed by atoms with Crippen LogP contribution in [-0.2, 0) is 0 Å². The summed E-state index contributed by atoms with van der Waals surface area (Å²) < 4.78 is 0. The molecule has 2 aromatic rings. The molecule has 0 unspecified atom stereocenters. The van der Waals surface area contributed by atoms with E-state index in [-0.39, 0.29) is 5.91 Å². The number of amides is 1. The van der Waals surface area contributed by atoms with Crippen LogP contribution in [0.1, 0.15) is 15.9 Å². The summed E-state index contributed by atoms with van der Waals surface area (Å²) >= 11 is 11.8. The molecule has 102 valence electrons. The lowest BCUT2D eigenvalue weighted by atomic mass is 10.1. The molecular formula is C16H13Cl2NO. The van der Waals surface area contributed by atoms with Crippen molar-refractivity contribution in [2.75, 3.05) is 6.54 Å². The number of hydrogen-bond donors (Lipinski definition) is 1. The number of nitrogens with one attached hydrogen (secondary N) is 1. The van der Waals surface area contributed by atoms with E-state index in [1.807, 2.05) is 24.3 Å². The highest BCUT2D eigenvalue weighted by molar-refractivity contribution is 6.42. The summed E-state index contributed by atoms with van der Waals surface area (Å²) in [5.41, 5.74) is 2.25. The molecule has 1 amide bonds. The standard InChI is InChI=1S/C16H13Cl2NO/c1-11(13-7-8-14(17)15(18)9-13)10-19-16(20)12-5-3-2-4-6-12/h2-9H,1,10H2,(H,19,20). The van der Waals surface area contributed by atoms with Crippen molar-refractivity contribution in [2.24, 2.45) is 0 Å². The Labute approximate surface area is 128 Å². The van der Waals surface area contributed by atoms with Crippen LogP contribution >= 0.6 is 23.2 Å². The lowest BCUT2D eigenvalue weighted by Crippen LogP contribution is -2.24. The first-order chi connectivity index (χ1) is 9.58. The van der Waals surface area contributed by atoms with Gasteiger partial charge in [0.2, 0.25) is 0 Å². The van der Waals surface area contributed by atoms with E-state index in [1.54, 1.807) is 24.3 Å². The summed E-state index contributed by atoms with van der Waals surface area (Å²) in [5, 5.41) is 3.79. The topological polar surface area (TPSA) is 29.1 Å². The van der Waals surface area contributed by atoms with Crippen LogP contribution in [0.3, 0.4) is 0 Å². The summed E-state index contributed by atoms with van der Waals surface area (Å²) in [6.45, 7) is 4.30. The van der Waals surface area contributed by atoms with Crippen molar-refractivity contribution in [2.45, 2.75) is 0 Å². The number of benzene rings is 2. The number of carbonyl (C=O) groups is 1. The van der Waals surface area contributed by atoms with E-state index in [2.05, 4.69) is 11.9 Å². The Morgan fingerprint density at radius 3 is 2.35 bits per heavy atom. The highest BCUT2D eigenvalue weighted by Crippen LogP contribution is 2.25. The van der Waals surface area contributed by atoms with E-state index in [4.69, 9.17) is 23.2 Å².